The minimum Gasteiger partial charge on any atom is -0.396 e. The van der Waals surface area contributed by atoms with Crippen molar-refractivity contribution in [1.82, 2.24) is 0 Å². The van der Waals surface area contributed by atoms with Gasteiger partial charge in [-0.3, -0.25) is 0 Å². The highest BCUT2D eigenvalue weighted by molar-refractivity contribution is 6.12. The Labute approximate surface area is 75.4 Å². The Kier molecular flexibility index (Phi) is 3.60. The van der Waals surface area contributed by atoms with Crippen LogP contribution in [0.4, 0.5) is 0 Å². The number of hydrogen-bond acceptors (Lipinski definition) is 2. The molecule has 0 radical (unpaired) electrons. The van der Waals surface area contributed by atoms with Crippen LogP contribution in [0.1, 0.15) is 19.8 Å². The van der Waals surface area contributed by atoms with E-state index in [1.165, 1.54) is 0 Å². The first kappa shape index (κ1) is 10.1. The molecule has 0 amide bonds. The maximum absolute atomic E-state index is 9.17. The van der Waals surface area contributed by atoms with Gasteiger partial charge < -0.3 is 10.2 Å². The molecule has 1 aliphatic carbocycles. The molecule has 0 aromatic heterocycles. The lowest BCUT2D eigenvalue weighted by Crippen LogP contribution is -2.20. The monoisotopic (exact) mass is 170 g/mol. The van der Waals surface area contributed by atoms with Crippen LogP contribution in [0.25, 0.3) is 0 Å². The Bertz CT molecular complexity index is 140. The summed E-state index contributed by atoms with van der Waals surface area (Å²) in [6.45, 7) is 2.73. The van der Waals surface area contributed by atoms with E-state index in [1.54, 1.807) is 0 Å². The average molecular weight is 170 g/mol. The summed E-state index contributed by atoms with van der Waals surface area (Å²) < 4.78 is 0. The van der Waals surface area contributed by atoms with Gasteiger partial charge in [0.25, 0.3) is 0 Å². The third-order valence-corrected chi connectivity index (χ3v) is 3.48. The lowest BCUT2D eigenvalue weighted by Gasteiger charge is -2.21. The molecule has 3 heteroatoms. The zero-order valence-electron chi connectivity index (χ0n) is 8.03. The van der Waals surface area contributed by atoms with E-state index in [1.807, 2.05) is 0 Å². The first-order chi connectivity index (χ1) is 5.74. The van der Waals surface area contributed by atoms with Crippen LogP contribution in [0, 0.1) is 17.8 Å². The summed E-state index contributed by atoms with van der Waals surface area (Å²) in [6, 6.07) is 0. The maximum atomic E-state index is 9.17. The van der Waals surface area contributed by atoms with Crippen LogP contribution in [0.5, 0.6) is 0 Å². The van der Waals surface area contributed by atoms with Crippen LogP contribution >= 0.6 is 0 Å². The Morgan fingerprint density at radius 1 is 1.25 bits per heavy atom. The van der Waals surface area contributed by atoms with E-state index in [0.29, 0.717) is 30.2 Å². The first-order valence-electron chi connectivity index (χ1n) is 4.96. The summed E-state index contributed by atoms with van der Waals surface area (Å²) in [7, 11) is 2.18. The predicted octanol–water partition coefficient (Wildman–Crippen LogP) is 0.0549. The van der Waals surface area contributed by atoms with Gasteiger partial charge in [-0.05, 0) is 17.8 Å². The van der Waals surface area contributed by atoms with E-state index in [-0.39, 0.29) is 6.61 Å². The minimum atomic E-state index is 0.288. The first-order valence-corrected chi connectivity index (χ1v) is 4.96. The highest BCUT2D eigenvalue weighted by Crippen LogP contribution is 2.44. The van der Waals surface area contributed by atoms with Crippen LogP contribution in [0.2, 0.25) is 5.82 Å². The second-order valence-corrected chi connectivity index (χ2v) is 4.07. The van der Waals surface area contributed by atoms with Crippen molar-refractivity contribution in [3.8, 4) is 0 Å². The molecule has 0 saturated heterocycles. The lowest BCUT2D eigenvalue weighted by atomic mass is 9.76. The van der Waals surface area contributed by atoms with Gasteiger partial charge in [0.15, 0.2) is 0 Å². The maximum Gasteiger partial charge on any atom is 0.105 e. The van der Waals surface area contributed by atoms with Crippen LogP contribution in [0.3, 0.4) is 0 Å². The molecule has 4 atom stereocenters. The number of rotatable bonds is 3. The molecule has 2 N–H and O–H groups in total. The fourth-order valence-electron chi connectivity index (χ4n) is 2.76. The molecule has 70 valence electrons. The van der Waals surface area contributed by atoms with Crippen molar-refractivity contribution in [1.29, 1.82) is 0 Å². The number of aliphatic hydroxyl groups is 2. The highest BCUT2D eigenvalue weighted by Gasteiger charge is 2.38. The van der Waals surface area contributed by atoms with Gasteiger partial charge >= 0.3 is 0 Å². The molecule has 0 aromatic carbocycles. The van der Waals surface area contributed by atoms with Gasteiger partial charge in [-0.25, -0.2) is 0 Å². The van der Waals surface area contributed by atoms with Crippen molar-refractivity contribution in [2.75, 3.05) is 13.2 Å². The van der Waals surface area contributed by atoms with E-state index < -0.39 is 0 Å². The molecule has 1 saturated carbocycles. The van der Waals surface area contributed by atoms with E-state index in [4.69, 9.17) is 10.2 Å². The van der Waals surface area contributed by atoms with Gasteiger partial charge in [0.2, 0.25) is 0 Å². The highest BCUT2D eigenvalue weighted by atomic mass is 16.3. The molecule has 0 aromatic rings. The van der Waals surface area contributed by atoms with E-state index in [2.05, 4.69) is 14.8 Å². The van der Waals surface area contributed by atoms with Gasteiger partial charge in [-0.2, -0.15) is 0 Å². The topological polar surface area (TPSA) is 40.5 Å². The second-order valence-electron chi connectivity index (χ2n) is 4.07. The fourth-order valence-corrected chi connectivity index (χ4v) is 2.76. The summed E-state index contributed by atoms with van der Waals surface area (Å²) in [6.07, 6.45) is 2.17. The Hall–Kier alpha value is -0.0151. The molecule has 2 nitrogen and oxygen atoms in total. The second kappa shape index (κ2) is 4.29. The molecule has 12 heavy (non-hydrogen) atoms. The quantitative estimate of drug-likeness (QED) is 0.587. The molecule has 1 rings (SSSR count). The molecule has 0 spiro atoms. The van der Waals surface area contributed by atoms with E-state index >= 15 is 0 Å². The summed E-state index contributed by atoms with van der Waals surface area (Å²) in [5.41, 5.74) is 0. The smallest absolute Gasteiger partial charge is 0.105 e. The third-order valence-electron chi connectivity index (χ3n) is 3.48. The summed E-state index contributed by atoms with van der Waals surface area (Å²) in [5.74, 6) is 1.97. The zero-order valence-corrected chi connectivity index (χ0v) is 8.03. The van der Waals surface area contributed by atoms with Crippen LogP contribution in [-0.2, 0) is 0 Å². The van der Waals surface area contributed by atoms with Gasteiger partial charge in [-0.15, -0.1) is 0 Å². The van der Waals surface area contributed by atoms with Crippen molar-refractivity contribution in [3.63, 3.8) is 0 Å². The van der Waals surface area contributed by atoms with Crippen molar-refractivity contribution in [3.05, 3.63) is 0 Å². The lowest BCUT2D eigenvalue weighted by molar-refractivity contribution is 0.141. The van der Waals surface area contributed by atoms with Crippen molar-refractivity contribution >= 4 is 7.85 Å². The van der Waals surface area contributed by atoms with Gasteiger partial charge in [0.1, 0.15) is 7.85 Å². The fraction of sp³-hybridized carbons (Fsp3) is 1.00. The normalized spacial score (nSPS) is 41.9. The molecule has 0 heterocycles. The van der Waals surface area contributed by atoms with E-state index in [9.17, 15) is 0 Å². The predicted molar refractivity (Wildman–Crippen MR) is 51.8 cm³/mol. The minimum absolute atomic E-state index is 0.288. The standard InChI is InChI=1S/C9H19BO2/c1-2-7-6(4-11)3-9(10)8(7)5-12/h6-9,11-12H,2-5,10H2,1H3/t6?,7-,8?,9-/m1/s1. The van der Waals surface area contributed by atoms with Gasteiger partial charge in [0.05, 0.1) is 0 Å². The van der Waals surface area contributed by atoms with Crippen molar-refractivity contribution in [2.45, 2.75) is 25.6 Å². The summed E-state index contributed by atoms with van der Waals surface area (Å²) >= 11 is 0. The Morgan fingerprint density at radius 3 is 2.33 bits per heavy atom. The SMILES string of the molecule is B[C@@H]1CC(CO)[C@@H](CC)C1CO. The van der Waals surface area contributed by atoms with Crippen LogP contribution in [0.15, 0.2) is 0 Å². The van der Waals surface area contributed by atoms with Crippen LogP contribution < -0.4 is 0 Å². The molecular weight excluding hydrogens is 151 g/mol. The van der Waals surface area contributed by atoms with E-state index in [0.717, 1.165) is 12.8 Å². The Balaban J connectivity index is 2.61. The average Bonchev–Trinajstić information content (AvgIpc) is 2.40. The molecular formula is C9H19BO2. The summed E-state index contributed by atoms with van der Waals surface area (Å²) in [4.78, 5) is 0. The molecule has 2 unspecified atom stereocenters. The number of aliphatic hydroxyl groups excluding tert-OH is 2. The van der Waals surface area contributed by atoms with Crippen molar-refractivity contribution in [2.24, 2.45) is 17.8 Å². The molecule has 1 aliphatic rings. The Morgan fingerprint density at radius 2 is 1.92 bits per heavy atom. The zero-order chi connectivity index (χ0) is 9.14. The van der Waals surface area contributed by atoms with Crippen LogP contribution in [-0.4, -0.2) is 31.3 Å². The molecule has 0 bridgehead atoms. The van der Waals surface area contributed by atoms with Gasteiger partial charge in [-0.1, -0.05) is 25.6 Å². The van der Waals surface area contributed by atoms with Crippen molar-refractivity contribution < 1.29 is 10.2 Å². The molecule has 1 fully saturated rings. The molecule has 0 aliphatic heterocycles. The number of hydrogen-bond donors (Lipinski definition) is 2. The van der Waals surface area contributed by atoms with Gasteiger partial charge in [0, 0.05) is 13.2 Å². The third kappa shape index (κ3) is 1.67. The summed E-state index contributed by atoms with van der Waals surface area (Å²) in [5, 5.41) is 18.3. The largest absolute Gasteiger partial charge is 0.396 e.